The molecule has 0 aromatic carbocycles. The van der Waals surface area contributed by atoms with Gasteiger partial charge in [-0.05, 0) is 25.0 Å². The normalized spacial score (nSPS) is 16.4. The quantitative estimate of drug-likeness (QED) is 0.922. The molecule has 22 heavy (non-hydrogen) atoms. The molecule has 0 atom stereocenters. The van der Waals surface area contributed by atoms with Crippen molar-refractivity contribution in [1.29, 1.82) is 0 Å². The van der Waals surface area contributed by atoms with Crippen LogP contribution in [0, 0.1) is 5.92 Å². The van der Waals surface area contributed by atoms with Gasteiger partial charge < -0.3 is 10.2 Å². The fraction of sp³-hybridized carbons (Fsp3) is 0.500. The first kappa shape index (κ1) is 16.3. The standard InChI is InChI=1S/C14H16F3N3O2/c15-14(16,17)9-19-12(21)10-3-6-20(7-4-10)13(22)11-2-1-5-18-8-11/h1-2,5,8,10H,3-4,6-7,9H2,(H,19,21). The number of likely N-dealkylation sites (tertiary alicyclic amines) is 1. The van der Waals surface area contributed by atoms with E-state index in [-0.39, 0.29) is 5.91 Å². The van der Waals surface area contributed by atoms with E-state index in [0.29, 0.717) is 31.5 Å². The van der Waals surface area contributed by atoms with E-state index in [1.54, 1.807) is 23.2 Å². The van der Waals surface area contributed by atoms with Crippen LogP contribution in [0.4, 0.5) is 13.2 Å². The Morgan fingerprint density at radius 3 is 2.55 bits per heavy atom. The molecule has 2 amide bonds. The summed E-state index contributed by atoms with van der Waals surface area (Å²) in [6.07, 6.45) is -0.670. The summed E-state index contributed by atoms with van der Waals surface area (Å²) in [6.45, 7) is -0.629. The van der Waals surface area contributed by atoms with Crippen molar-refractivity contribution in [3.05, 3.63) is 30.1 Å². The van der Waals surface area contributed by atoms with Gasteiger partial charge in [0.25, 0.3) is 5.91 Å². The summed E-state index contributed by atoms with van der Waals surface area (Å²) in [5, 5.41) is 1.89. The predicted molar refractivity (Wildman–Crippen MR) is 71.9 cm³/mol. The van der Waals surface area contributed by atoms with Crippen molar-refractivity contribution in [2.24, 2.45) is 5.92 Å². The highest BCUT2D eigenvalue weighted by Crippen LogP contribution is 2.20. The SMILES string of the molecule is O=C(NCC(F)(F)F)C1CCN(C(=O)c2cccnc2)CC1. The van der Waals surface area contributed by atoms with Gasteiger partial charge in [-0.3, -0.25) is 14.6 Å². The minimum absolute atomic E-state index is 0.178. The molecule has 1 aliphatic heterocycles. The van der Waals surface area contributed by atoms with Gasteiger partial charge in [-0.25, -0.2) is 0 Å². The predicted octanol–water partition coefficient (Wildman–Crippen LogP) is 1.61. The number of pyridine rings is 1. The van der Waals surface area contributed by atoms with Gasteiger partial charge in [0.05, 0.1) is 5.56 Å². The second-order valence-electron chi connectivity index (χ2n) is 5.14. The van der Waals surface area contributed by atoms with Crippen molar-refractivity contribution in [2.75, 3.05) is 19.6 Å². The van der Waals surface area contributed by atoms with Gasteiger partial charge in [-0.2, -0.15) is 13.2 Å². The summed E-state index contributed by atoms with van der Waals surface area (Å²) in [5.74, 6) is -1.27. The van der Waals surface area contributed by atoms with Gasteiger partial charge in [-0.15, -0.1) is 0 Å². The average molecular weight is 315 g/mol. The Bertz CT molecular complexity index is 526. The maximum Gasteiger partial charge on any atom is 0.405 e. The van der Waals surface area contributed by atoms with E-state index >= 15 is 0 Å². The molecule has 2 rings (SSSR count). The molecule has 1 aromatic rings. The Labute approximate surface area is 125 Å². The molecule has 0 aliphatic carbocycles. The molecule has 0 saturated carbocycles. The van der Waals surface area contributed by atoms with Crippen LogP contribution < -0.4 is 5.32 Å². The van der Waals surface area contributed by atoms with Crippen LogP contribution in [0.5, 0.6) is 0 Å². The van der Waals surface area contributed by atoms with Gasteiger partial charge >= 0.3 is 6.18 Å². The maximum atomic E-state index is 12.2. The summed E-state index contributed by atoms with van der Waals surface area (Å²) in [7, 11) is 0. The second-order valence-corrected chi connectivity index (χ2v) is 5.14. The van der Waals surface area contributed by atoms with E-state index in [1.807, 2.05) is 5.32 Å². The highest BCUT2D eigenvalue weighted by molar-refractivity contribution is 5.94. The van der Waals surface area contributed by atoms with Crippen LogP contribution in [0.15, 0.2) is 24.5 Å². The first-order chi connectivity index (χ1) is 10.4. The molecule has 1 saturated heterocycles. The molecule has 0 spiro atoms. The molecule has 120 valence electrons. The zero-order chi connectivity index (χ0) is 16.2. The van der Waals surface area contributed by atoms with Gasteiger partial charge in [0.2, 0.25) is 5.91 Å². The smallest absolute Gasteiger partial charge is 0.347 e. The Kier molecular flexibility index (Phi) is 4.99. The fourth-order valence-electron chi connectivity index (χ4n) is 2.35. The highest BCUT2D eigenvalue weighted by Gasteiger charge is 2.31. The number of nitrogens with one attached hydrogen (secondary N) is 1. The van der Waals surface area contributed by atoms with Crippen LogP contribution in [-0.2, 0) is 4.79 Å². The molecule has 1 aromatic heterocycles. The third kappa shape index (κ3) is 4.44. The van der Waals surface area contributed by atoms with Crippen molar-refractivity contribution >= 4 is 11.8 Å². The third-order valence-electron chi connectivity index (χ3n) is 3.52. The van der Waals surface area contributed by atoms with Crippen molar-refractivity contribution in [3.63, 3.8) is 0 Å². The number of rotatable bonds is 3. The molecule has 1 fully saturated rings. The summed E-state index contributed by atoms with van der Waals surface area (Å²) < 4.78 is 36.2. The van der Waals surface area contributed by atoms with Crippen LogP contribution in [0.25, 0.3) is 0 Å². The largest absolute Gasteiger partial charge is 0.405 e. The number of carbonyl (C=O) groups is 2. The number of piperidine rings is 1. The van der Waals surface area contributed by atoms with Crippen LogP contribution in [0.2, 0.25) is 0 Å². The van der Waals surface area contributed by atoms with Gasteiger partial charge in [0, 0.05) is 31.4 Å². The highest BCUT2D eigenvalue weighted by atomic mass is 19.4. The molecule has 0 unspecified atom stereocenters. The first-order valence-corrected chi connectivity index (χ1v) is 6.90. The Balaban J connectivity index is 1.83. The van der Waals surface area contributed by atoms with Crippen molar-refractivity contribution in [3.8, 4) is 0 Å². The van der Waals surface area contributed by atoms with Crippen LogP contribution >= 0.6 is 0 Å². The molecule has 8 heteroatoms. The summed E-state index contributed by atoms with van der Waals surface area (Å²) >= 11 is 0. The van der Waals surface area contributed by atoms with Gasteiger partial charge in [0.1, 0.15) is 6.54 Å². The lowest BCUT2D eigenvalue weighted by Gasteiger charge is -2.31. The average Bonchev–Trinajstić information content (AvgIpc) is 2.52. The molecule has 0 bridgehead atoms. The zero-order valence-electron chi connectivity index (χ0n) is 11.8. The second kappa shape index (κ2) is 6.76. The number of hydrogen-bond donors (Lipinski definition) is 1. The topological polar surface area (TPSA) is 62.3 Å². The Morgan fingerprint density at radius 2 is 2.00 bits per heavy atom. The summed E-state index contributed by atoms with van der Waals surface area (Å²) in [6, 6.07) is 3.31. The molecule has 1 N–H and O–H groups in total. The zero-order valence-corrected chi connectivity index (χ0v) is 11.8. The minimum atomic E-state index is -4.41. The minimum Gasteiger partial charge on any atom is -0.347 e. The number of aromatic nitrogens is 1. The number of alkyl halides is 3. The van der Waals surface area contributed by atoms with E-state index in [4.69, 9.17) is 0 Å². The van der Waals surface area contributed by atoms with Crippen molar-refractivity contribution in [1.82, 2.24) is 15.2 Å². The van der Waals surface area contributed by atoms with Crippen LogP contribution in [0.3, 0.4) is 0 Å². The lowest BCUT2D eigenvalue weighted by atomic mass is 9.95. The molecule has 0 radical (unpaired) electrons. The van der Waals surface area contributed by atoms with Gasteiger partial charge in [-0.1, -0.05) is 0 Å². The summed E-state index contributed by atoms with van der Waals surface area (Å²) in [4.78, 5) is 29.3. The number of nitrogens with zero attached hydrogens (tertiary/aromatic N) is 2. The van der Waals surface area contributed by atoms with Crippen molar-refractivity contribution in [2.45, 2.75) is 19.0 Å². The van der Waals surface area contributed by atoms with Gasteiger partial charge in [0.15, 0.2) is 0 Å². The first-order valence-electron chi connectivity index (χ1n) is 6.90. The molecule has 2 heterocycles. The third-order valence-corrected chi connectivity index (χ3v) is 3.52. The van der Waals surface area contributed by atoms with Crippen LogP contribution in [-0.4, -0.2) is 47.5 Å². The number of hydrogen-bond acceptors (Lipinski definition) is 3. The van der Waals surface area contributed by atoms with Crippen LogP contribution in [0.1, 0.15) is 23.2 Å². The molecular weight excluding hydrogens is 299 g/mol. The van der Waals surface area contributed by atoms with Crippen molar-refractivity contribution < 1.29 is 22.8 Å². The molecule has 5 nitrogen and oxygen atoms in total. The van der Waals surface area contributed by atoms with E-state index in [0.717, 1.165) is 0 Å². The fourth-order valence-corrected chi connectivity index (χ4v) is 2.35. The Morgan fingerprint density at radius 1 is 1.32 bits per heavy atom. The number of halogens is 3. The lowest BCUT2D eigenvalue weighted by molar-refractivity contribution is -0.141. The number of carbonyl (C=O) groups excluding carboxylic acids is 2. The number of amides is 2. The van der Waals surface area contributed by atoms with E-state index in [2.05, 4.69) is 4.98 Å². The monoisotopic (exact) mass is 315 g/mol. The maximum absolute atomic E-state index is 12.2. The summed E-state index contributed by atoms with van der Waals surface area (Å²) in [5.41, 5.74) is 0.461. The molecule has 1 aliphatic rings. The molecular formula is C14H16F3N3O2. The van der Waals surface area contributed by atoms with E-state index in [1.165, 1.54) is 6.20 Å². The lowest BCUT2D eigenvalue weighted by Crippen LogP contribution is -2.44. The van der Waals surface area contributed by atoms with E-state index < -0.39 is 24.5 Å². The van der Waals surface area contributed by atoms with E-state index in [9.17, 15) is 22.8 Å². The Hall–Kier alpha value is -2.12.